The van der Waals surface area contributed by atoms with Crippen molar-refractivity contribution in [2.75, 3.05) is 10.7 Å². The monoisotopic (exact) mass is 298 g/mol. The van der Waals surface area contributed by atoms with Crippen molar-refractivity contribution in [1.29, 1.82) is 0 Å². The van der Waals surface area contributed by atoms with Crippen molar-refractivity contribution in [1.82, 2.24) is 0 Å². The van der Waals surface area contributed by atoms with Gasteiger partial charge in [0, 0.05) is 24.7 Å². The first-order valence-corrected chi connectivity index (χ1v) is 6.46. The molecule has 7 nitrogen and oxygen atoms in total. The second-order valence-electron chi connectivity index (χ2n) is 4.48. The number of hydrazone groups is 1. The number of nitro benzene ring substituents is 1. The summed E-state index contributed by atoms with van der Waals surface area (Å²) >= 11 is 0. The van der Waals surface area contributed by atoms with Gasteiger partial charge in [0.2, 0.25) is 5.91 Å². The van der Waals surface area contributed by atoms with E-state index in [4.69, 9.17) is 0 Å². The van der Waals surface area contributed by atoms with E-state index in [-0.39, 0.29) is 11.6 Å². The highest BCUT2D eigenvalue weighted by Gasteiger charge is 2.04. The molecule has 0 atom stereocenters. The zero-order valence-corrected chi connectivity index (χ0v) is 11.8. The van der Waals surface area contributed by atoms with Crippen molar-refractivity contribution in [2.45, 2.75) is 6.92 Å². The summed E-state index contributed by atoms with van der Waals surface area (Å²) in [6.07, 6.45) is 1.58. The number of carbonyl (C=O) groups excluding carboxylic acids is 1. The van der Waals surface area contributed by atoms with Crippen LogP contribution >= 0.6 is 0 Å². The van der Waals surface area contributed by atoms with Gasteiger partial charge in [0.05, 0.1) is 16.8 Å². The summed E-state index contributed by atoms with van der Waals surface area (Å²) in [6, 6.07) is 13.2. The highest BCUT2D eigenvalue weighted by atomic mass is 16.6. The van der Waals surface area contributed by atoms with Crippen LogP contribution in [0, 0.1) is 10.1 Å². The predicted molar refractivity (Wildman–Crippen MR) is 85.1 cm³/mol. The first kappa shape index (κ1) is 15.2. The van der Waals surface area contributed by atoms with Gasteiger partial charge in [0.15, 0.2) is 0 Å². The number of benzene rings is 2. The van der Waals surface area contributed by atoms with Gasteiger partial charge in [-0.05, 0) is 23.8 Å². The van der Waals surface area contributed by atoms with Crippen LogP contribution in [0.4, 0.5) is 17.1 Å². The first-order chi connectivity index (χ1) is 10.5. The second kappa shape index (κ2) is 6.98. The lowest BCUT2D eigenvalue weighted by atomic mass is 10.2. The van der Waals surface area contributed by atoms with Crippen LogP contribution in [-0.2, 0) is 4.79 Å². The Hall–Kier alpha value is -3.22. The largest absolute Gasteiger partial charge is 0.326 e. The fraction of sp³-hybridized carbons (Fsp3) is 0.0667. The predicted octanol–water partition coefficient (Wildman–Crippen LogP) is 3.00. The van der Waals surface area contributed by atoms with Gasteiger partial charge < -0.3 is 5.32 Å². The first-order valence-electron chi connectivity index (χ1n) is 6.46. The van der Waals surface area contributed by atoms with Gasteiger partial charge in [-0.2, -0.15) is 5.10 Å². The molecule has 22 heavy (non-hydrogen) atoms. The molecule has 7 heteroatoms. The number of carbonyl (C=O) groups is 1. The third kappa shape index (κ3) is 4.41. The fourth-order valence-corrected chi connectivity index (χ4v) is 1.73. The summed E-state index contributed by atoms with van der Waals surface area (Å²) in [5.74, 6) is -0.131. The summed E-state index contributed by atoms with van der Waals surface area (Å²) in [6.45, 7) is 1.44. The topological polar surface area (TPSA) is 96.6 Å². The smallest absolute Gasteiger partial charge is 0.271 e. The summed E-state index contributed by atoms with van der Waals surface area (Å²) in [4.78, 5) is 21.1. The Morgan fingerprint density at radius 2 is 1.91 bits per heavy atom. The number of hydrogen-bond acceptors (Lipinski definition) is 5. The number of anilines is 2. The van der Waals surface area contributed by atoms with E-state index in [0.717, 1.165) is 5.56 Å². The molecule has 0 unspecified atom stereocenters. The summed E-state index contributed by atoms with van der Waals surface area (Å²) < 4.78 is 0. The molecule has 0 saturated carbocycles. The maximum atomic E-state index is 10.9. The van der Waals surface area contributed by atoms with Gasteiger partial charge >= 0.3 is 0 Å². The van der Waals surface area contributed by atoms with E-state index < -0.39 is 4.92 Å². The number of amides is 1. The van der Waals surface area contributed by atoms with Crippen LogP contribution in [0.5, 0.6) is 0 Å². The van der Waals surface area contributed by atoms with E-state index in [2.05, 4.69) is 15.8 Å². The fourth-order valence-electron chi connectivity index (χ4n) is 1.73. The molecule has 1 amide bonds. The Labute approximate surface area is 126 Å². The van der Waals surface area contributed by atoms with E-state index >= 15 is 0 Å². The van der Waals surface area contributed by atoms with Gasteiger partial charge in [-0.25, -0.2) is 0 Å². The Balaban J connectivity index is 1.99. The molecule has 0 aromatic heterocycles. The minimum Gasteiger partial charge on any atom is -0.326 e. The average molecular weight is 298 g/mol. The molecule has 0 spiro atoms. The zero-order valence-electron chi connectivity index (χ0n) is 11.8. The lowest BCUT2D eigenvalue weighted by Gasteiger charge is -2.02. The lowest BCUT2D eigenvalue weighted by Crippen LogP contribution is -2.05. The van der Waals surface area contributed by atoms with Crippen LogP contribution < -0.4 is 10.7 Å². The van der Waals surface area contributed by atoms with Crippen molar-refractivity contribution in [3.8, 4) is 0 Å². The molecular formula is C15H14N4O3. The molecule has 0 aliphatic rings. The Kier molecular flexibility index (Phi) is 4.81. The summed E-state index contributed by atoms with van der Waals surface area (Å²) in [7, 11) is 0. The average Bonchev–Trinajstić information content (AvgIpc) is 2.49. The molecule has 2 aromatic rings. The molecular weight excluding hydrogens is 284 g/mol. The molecule has 0 bridgehead atoms. The number of nitrogens with one attached hydrogen (secondary N) is 2. The molecule has 0 fully saturated rings. The maximum Gasteiger partial charge on any atom is 0.271 e. The van der Waals surface area contributed by atoms with Crippen LogP contribution in [0.15, 0.2) is 53.6 Å². The Morgan fingerprint density at radius 1 is 1.18 bits per heavy atom. The SMILES string of the molecule is CC(=O)Nc1ccc(/C=N/Nc2cccc([N+](=O)[O-])c2)cc1. The molecule has 2 rings (SSSR count). The number of nitro groups is 1. The van der Waals surface area contributed by atoms with Gasteiger partial charge in [-0.3, -0.25) is 20.3 Å². The van der Waals surface area contributed by atoms with E-state index in [9.17, 15) is 14.9 Å². The third-order valence-electron chi connectivity index (χ3n) is 2.70. The van der Waals surface area contributed by atoms with Crippen molar-refractivity contribution in [3.63, 3.8) is 0 Å². The Bertz CT molecular complexity index is 711. The highest BCUT2D eigenvalue weighted by molar-refractivity contribution is 5.89. The maximum absolute atomic E-state index is 10.9. The van der Waals surface area contributed by atoms with E-state index in [1.807, 2.05) is 0 Å². The minimum atomic E-state index is -0.463. The minimum absolute atomic E-state index is 0.000130. The van der Waals surface area contributed by atoms with Gasteiger partial charge in [0.25, 0.3) is 5.69 Å². The van der Waals surface area contributed by atoms with Gasteiger partial charge in [-0.1, -0.05) is 18.2 Å². The summed E-state index contributed by atoms with van der Waals surface area (Å²) in [5, 5.41) is 17.4. The quantitative estimate of drug-likeness (QED) is 0.503. The van der Waals surface area contributed by atoms with Crippen molar-refractivity contribution < 1.29 is 9.72 Å². The molecule has 0 aliphatic heterocycles. The van der Waals surface area contributed by atoms with Crippen LogP contribution in [0.25, 0.3) is 0 Å². The third-order valence-corrected chi connectivity index (χ3v) is 2.70. The van der Waals surface area contributed by atoms with Crippen LogP contribution in [0.3, 0.4) is 0 Å². The molecule has 0 saturated heterocycles. The highest BCUT2D eigenvalue weighted by Crippen LogP contribution is 2.16. The van der Waals surface area contributed by atoms with Crippen LogP contribution in [0.1, 0.15) is 12.5 Å². The van der Waals surface area contributed by atoms with Crippen molar-refractivity contribution >= 4 is 29.2 Å². The normalized spacial score (nSPS) is 10.4. The van der Waals surface area contributed by atoms with Crippen molar-refractivity contribution in [3.05, 3.63) is 64.2 Å². The zero-order chi connectivity index (χ0) is 15.9. The van der Waals surface area contributed by atoms with Gasteiger partial charge in [0.1, 0.15) is 0 Å². The molecule has 2 N–H and O–H groups in total. The Morgan fingerprint density at radius 3 is 2.55 bits per heavy atom. The lowest BCUT2D eigenvalue weighted by molar-refractivity contribution is -0.384. The van der Waals surface area contributed by atoms with E-state index in [0.29, 0.717) is 11.4 Å². The van der Waals surface area contributed by atoms with E-state index in [1.54, 1.807) is 42.6 Å². The molecule has 0 radical (unpaired) electrons. The van der Waals surface area contributed by atoms with Crippen molar-refractivity contribution in [2.24, 2.45) is 5.10 Å². The van der Waals surface area contributed by atoms with Gasteiger partial charge in [-0.15, -0.1) is 0 Å². The van der Waals surface area contributed by atoms with E-state index in [1.165, 1.54) is 19.1 Å². The number of nitrogens with zero attached hydrogens (tertiary/aromatic N) is 2. The van der Waals surface area contributed by atoms with Crippen LogP contribution in [-0.4, -0.2) is 17.0 Å². The molecule has 0 aliphatic carbocycles. The number of rotatable bonds is 5. The number of hydrogen-bond donors (Lipinski definition) is 2. The van der Waals surface area contributed by atoms with Crippen LogP contribution in [0.2, 0.25) is 0 Å². The molecule has 112 valence electrons. The number of non-ortho nitro benzene ring substituents is 1. The molecule has 0 heterocycles. The standard InChI is InChI=1S/C15H14N4O3/c1-11(20)17-13-7-5-12(6-8-13)10-16-18-14-3-2-4-15(9-14)19(21)22/h2-10,18H,1H3,(H,17,20)/b16-10+. The summed E-state index contributed by atoms with van der Waals surface area (Å²) in [5.41, 5.74) is 4.79. The second-order valence-corrected chi connectivity index (χ2v) is 4.48. The molecule has 2 aromatic carbocycles.